The second-order valence-electron chi connectivity index (χ2n) is 5.15. The van der Waals surface area contributed by atoms with Crippen LogP contribution >= 0.6 is 11.6 Å². The molecule has 2 rings (SSSR count). The molecule has 1 aromatic carbocycles. The average Bonchev–Trinajstić information content (AvgIpc) is 2.37. The lowest BCUT2D eigenvalue weighted by atomic mass is 9.86. The number of aromatic carboxylic acids is 1. The first-order chi connectivity index (χ1) is 9.77. The van der Waals surface area contributed by atoms with Crippen molar-refractivity contribution in [2.24, 2.45) is 5.92 Å². The van der Waals surface area contributed by atoms with Gasteiger partial charge in [-0.15, -0.1) is 0 Å². The van der Waals surface area contributed by atoms with Crippen LogP contribution in [0.4, 0.5) is 14.5 Å². The highest BCUT2D eigenvalue weighted by Crippen LogP contribution is 2.36. The zero-order valence-corrected chi connectivity index (χ0v) is 11.8. The summed E-state index contributed by atoms with van der Waals surface area (Å²) in [5.41, 5.74) is 0.204. The number of alkyl halides is 2. The second kappa shape index (κ2) is 5.97. The van der Waals surface area contributed by atoms with Crippen LogP contribution in [0.1, 0.15) is 36.0 Å². The highest BCUT2D eigenvalue weighted by atomic mass is 35.5. The lowest BCUT2D eigenvalue weighted by molar-refractivity contribution is -0.124. The normalized spacial score (nSPS) is 18.2. The Kier molecular flexibility index (Phi) is 4.46. The Morgan fingerprint density at radius 3 is 2.43 bits per heavy atom. The quantitative estimate of drug-likeness (QED) is 0.891. The minimum Gasteiger partial charge on any atom is -0.478 e. The molecule has 1 saturated carbocycles. The van der Waals surface area contributed by atoms with Crippen LogP contribution in [0.25, 0.3) is 0 Å². The van der Waals surface area contributed by atoms with Gasteiger partial charge in [-0.2, -0.15) is 0 Å². The van der Waals surface area contributed by atoms with Gasteiger partial charge in [0.05, 0.1) is 5.56 Å². The lowest BCUT2D eigenvalue weighted by Crippen LogP contribution is -2.31. The molecule has 1 aliphatic carbocycles. The van der Waals surface area contributed by atoms with E-state index >= 15 is 0 Å². The molecule has 114 valence electrons. The van der Waals surface area contributed by atoms with Crippen LogP contribution in [0, 0.1) is 5.92 Å². The van der Waals surface area contributed by atoms with Crippen molar-refractivity contribution < 1.29 is 23.5 Å². The summed E-state index contributed by atoms with van der Waals surface area (Å²) < 4.78 is 26.1. The second-order valence-corrected chi connectivity index (χ2v) is 5.59. The van der Waals surface area contributed by atoms with Gasteiger partial charge in [0.2, 0.25) is 11.8 Å². The number of anilines is 1. The number of carbonyl (C=O) groups excluding carboxylic acids is 1. The summed E-state index contributed by atoms with van der Waals surface area (Å²) >= 11 is 5.79. The van der Waals surface area contributed by atoms with Gasteiger partial charge in [-0.3, -0.25) is 4.79 Å². The molecule has 1 aromatic rings. The van der Waals surface area contributed by atoms with E-state index in [2.05, 4.69) is 5.32 Å². The van der Waals surface area contributed by atoms with E-state index in [1.54, 1.807) is 0 Å². The maximum Gasteiger partial charge on any atom is 0.335 e. The van der Waals surface area contributed by atoms with Crippen molar-refractivity contribution in [1.82, 2.24) is 0 Å². The van der Waals surface area contributed by atoms with E-state index in [0.29, 0.717) is 0 Å². The number of rotatable bonds is 3. The van der Waals surface area contributed by atoms with Crippen LogP contribution in [-0.2, 0) is 4.79 Å². The third-order valence-corrected chi connectivity index (χ3v) is 3.72. The summed E-state index contributed by atoms with van der Waals surface area (Å²) in [5.74, 6) is -4.73. The molecule has 0 bridgehead atoms. The summed E-state index contributed by atoms with van der Waals surface area (Å²) in [5, 5.41) is 11.6. The molecule has 4 nitrogen and oxygen atoms in total. The summed E-state index contributed by atoms with van der Waals surface area (Å²) in [7, 11) is 0. The van der Waals surface area contributed by atoms with Crippen molar-refractivity contribution in [3.8, 4) is 0 Å². The van der Waals surface area contributed by atoms with Crippen LogP contribution in [-0.4, -0.2) is 22.9 Å². The summed E-state index contributed by atoms with van der Waals surface area (Å²) in [6, 6.07) is 3.97. The molecule has 1 fully saturated rings. The van der Waals surface area contributed by atoms with E-state index < -0.39 is 17.8 Å². The Balaban J connectivity index is 2.05. The van der Waals surface area contributed by atoms with Crippen molar-refractivity contribution in [3.05, 3.63) is 28.8 Å². The Morgan fingerprint density at radius 2 is 1.86 bits per heavy atom. The predicted molar refractivity (Wildman–Crippen MR) is 73.9 cm³/mol. The molecular formula is C14H14ClF2NO3. The van der Waals surface area contributed by atoms with Gasteiger partial charge >= 0.3 is 5.97 Å². The van der Waals surface area contributed by atoms with Gasteiger partial charge in [-0.05, 0) is 31.0 Å². The third-order valence-electron chi connectivity index (χ3n) is 3.50. The molecular weight excluding hydrogens is 304 g/mol. The summed E-state index contributed by atoms with van der Waals surface area (Å²) in [6.07, 6.45) is -0.377. The maximum atomic E-state index is 13.0. The highest BCUT2D eigenvalue weighted by molar-refractivity contribution is 6.31. The molecule has 0 radical (unpaired) electrons. The van der Waals surface area contributed by atoms with E-state index in [1.807, 2.05) is 0 Å². The van der Waals surface area contributed by atoms with Crippen LogP contribution in [0.5, 0.6) is 0 Å². The molecule has 1 amide bonds. The number of carbonyl (C=O) groups is 2. The van der Waals surface area contributed by atoms with E-state index in [1.165, 1.54) is 18.2 Å². The lowest BCUT2D eigenvalue weighted by Gasteiger charge is -2.27. The minimum atomic E-state index is -2.69. The topological polar surface area (TPSA) is 66.4 Å². The first kappa shape index (κ1) is 15.7. The largest absolute Gasteiger partial charge is 0.478 e. The smallest absolute Gasteiger partial charge is 0.335 e. The van der Waals surface area contributed by atoms with E-state index in [0.717, 1.165) is 0 Å². The van der Waals surface area contributed by atoms with Crippen LogP contribution in [0.3, 0.4) is 0 Å². The molecule has 0 heterocycles. The first-order valence-corrected chi connectivity index (χ1v) is 6.87. The molecule has 0 aliphatic heterocycles. The van der Waals surface area contributed by atoms with Crippen molar-refractivity contribution in [1.29, 1.82) is 0 Å². The standard InChI is InChI=1S/C14H14ClF2NO3/c15-10-5-9(13(20)21)6-11(7-10)18-12(19)8-1-3-14(16,17)4-2-8/h5-8H,1-4H2,(H,18,19)(H,20,21). The van der Waals surface area contributed by atoms with Crippen molar-refractivity contribution in [3.63, 3.8) is 0 Å². The van der Waals surface area contributed by atoms with E-state index in [-0.39, 0.29) is 47.9 Å². The summed E-state index contributed by atoms with van der Waals surface area (Å²) in [6.45, 7) is 0. The molecule has 0 atom stereocenters. The van der Waals surface area contributed by atoms with E-state index in [9.17, 15) is 18.4 Å². The number of amides is 1. The number of carboxylic acid groups (broad SMARTS) is 1. The molecule has 0 aromatic heterocycles. The molecule has 21 heavy (non-hydrogen) atoms. The minimum absolute atomic E-state index is 0.0482. The number of nitrogens with one attached hydrogen (secondary N) is 1. The van der Waals surface area contributed by atoms with Gasteiger partial charge in [0.1, 0.15) is 0 Å². The third kappa shape index (κ3) is 4.14. The SMILES string of the molecule is O=C(O)c1cc(Cl)cc(NC(=O)C2CCC(F)(F)CC2)c1. The Bertz CT molecular complexity index is 567. The van der Waals surface area contributed by atoms with Gasteiger partial charge < -0.3 is 10.4 Å². The molecule has 0 unspecified atom stereocenters. The van der Waals surface area contributed by atoms with Crippen LogP contribution < -0.4 is 5.32 Å². The number of carboxylic acids is 1. The fourth-order valence-electron chi connectivity index (χ4n) is 2.33. The van der Waals surface area contributed by atoms with Crippen molar-refractivity contribution in [2.45, 2.75) is 31.6 Å². The molecule has 2 N–H and O–H groups in total. The molecule has 7 heteroatoms. The Labute approximate surface area is 125 Å². The number of hydrogen-bond acceptors (Lipinski definition) is 2. The highest BCUT2D eigenvalue weighted by Gasteiger charge is 2.37. The Hall–Kier alpha value is -1.69. The maximum absolute atomic E-state index is 13.0. The Morgan fingerprint density at radius 1 is 1.24 bits per heavy atom. The number of benzene rings is 1. The first-order valence-electron chi connectivity index (χ1n) is 6.49. The molecule has 1 aliphatic rings. The number of hydrogen-bond donors (Lipinski definition) is 2. The predicted octanol–water partition coefficient (Wildman–Crippen LogP) is 3.80. The van der Waals surface area contributed by atoms with Crippen molar-refractivity contribution >= 4 is 29.2 Å². The van der Waals surface area contributed by atoms with E-state index in [4.69, 9.17) is 16.7 Å². The number of halogens is 3. The molecule has 0 spiro atoms. The van der Waals surface area contributed by atoms with Gasteiger partial charge in [0, 0.05) is 29.5 Å². The zero-order valence-electron chi connectivity index (χ0n) is 11.0. The van der Waals surface area contributed by atoms with Gasteiger partial charge in [-0.1, -0.05) is 11.6 Å². The van der Waals surface area contributed by atoms with Gasteiger partial charge in [0.25, 0.3) is 0 Å². The summed E-state index contributed by atoms with van der Waals surface area (Å²) in [4.78, 5) is 22.9. The zero-order chi connectivity index (χ0) is 15.6. The van der Waals surface area contributed by atoms with Crippen molar-refractivity contribution in [2.75, 3.05) is 5.32 Å². The van der Waals surface area contributed by atoms with Gasteiger partial charge in [0.15, 0.2) is 0 Å². The average molecular weight is 318 g/mol. The fourth-order valence-corrected chi connectivity index (χ4v) is 2.57. The van der Waals surface area contributed by atoms with Crippen LogP contribution in [0.15, 0.2) is 18.2 Å². The van der Waals surface area contributed by atoms with Crippen LogP contribution in [0.2, 0.25) is 5.02 Å². The monoisotopic (exact) mass is 317 g/mol. The molecule has 0 saturated heterocycles. The fraction of sp³-hybridized carbons (Fsp3) is 0.429. The van der Waals surface area contributed by atoms with Gasteiger partial charge in [-0.25, -0.2) is 13.6 Å².